The third-order valence-corrected chi connectivity index (χ3v) is 6.38. The molecular formula is C27H37N3O4. The average molecular weight is 468 g/mol. The second-order valence-corrected chi connectivity index (χ2v) is 9.12. The van der Waals surface area contributed by atoms with Crippen molar-refractivity contribution >= 4 is 17.5 Å². The van der Waals surface area contributed by atoms with Gasteiger partial charge in [-0.1, -0.05) is 32.0 Å². The first kappa shape index (κ1) is 25.7. The highest BCUT2D eigenvalue weighted by atomic mass is 16.5. The van der Waals surface area contributed by atoms with E-state index in [4.69, 9.17) is 9.47 Å². The molecule has 2 aromatic carbocycles. The molecule has 0 radical (unpaired) electrons. The number of fused-ring (bicyclic) bond motifs is 1. The van der Waals surface area contributed by atoms with Crippen LogP contribution < -0.4 is 10.1 Å². The fourth-order valence-electron chi connectivity index (χ4n) is 4.32. The highest BCUT2D eigenvalue weighted by molar-refractivity contribution is 6.05. The molecule has 34 heavy (non-hydrogen) atoms. The van der Waals surface area contributed by atoms with Gasteiger partial charge in [0.05, 0.1) is 11.7 Å². The van der Waals surface area contributed by atoms with Crippen LogP contribution in [-0.4, -0.2) is 74.2 Å². The summed E-state index contributed by atoms with van der Waals surface area (Å²) >= 11 is 0. The Kier molecular flexibility index (Phi) is 9.07. The Labute approximate surface area is 203 Å². The second-order valence-electron chi connectivity index (χ2n) is 9.12. The summed E-state index contributed by atoms with van der Waals surface area (Å²) in [7, 11) is 3.48. The van der Waals surface area contributed by atoms with Crippen molar-refractivity contribution in [1.29, 1.82) is 0 Å². The summed E-state index contributed by atoms with van der Waals surface area (Å²) in [4.78, 5) is 30.2. The van der Waals surface area contributed by atoms with Gasteiger partial charge < -0.3 is 19.7 Å². The molecule has 0 fully saturated rings. The molecule has 0 saturated carbocycles. The monoisotopic (exact) mass is 467 g/mol. The average Bonchev–Trinajstić information content (AvgIpc) is 2.85. The SMILES string of the molecule is CCCN1C[C@H](C)[C@@H](OC)CN(C)C(=O)c2cc(NC(=O)c3ccccc3)ccc2OC[C@H]1C. The number of hydrogen-bond acceptors (Lipinski definition) is 5. The van der Waals surface area contributed by atoms with Crippen molar-refractivity contribution in [2.75, 3.05) is 45.7 Å². The molecule has 0 spiro atoms. The lowest BCUT2D eigenvalue weighted by molar-refractivity contribution is 0.0108. The summed E-state index contributed by atoms with van der Waals surface area (Å²) in [5.74, 6) is 0.358. The fourth-order valence-corrected chi connectivity index (χ4v) is 4.32. The number of nitrogens with zero attached hydrogens (tertiary/aromatic N) is 2. The zero-order valence-corrected chi connectivity index (χ0v) is 20.9. The Morgan fingerprint density at radius 1 is 1.15 bits per heavy atom. The van der Waals surface area contributed by atoms with E-state index in [-0.39, 0.29) is 29.9 Å². The van der Waals surface area contributed by atoms with Gasteiger partial charge in [-0.25, -0.2) is 0 Å². The molecule has 2 amide bonds. The minimum atomic E-state index is -0.229. The first-order valence-corrected chi connectivity index (χ1v) is 12.0. The topological polar surface area (TPSA) is 71.1 Å². The molecule has 0 unspecified atom stereocenters. The minimum Gasteiger partial charge on any atom is -0.491 e. The van der Waals surface area contributed by atoms with Crippen LogP contribution in [0.15, 0.2) is 48.5 Å². The Balaban J connectivity index is 1.91. The lowest BCUT2D eigenvalue weighted by Crippen LogP contribution is -2.46. The van der Waals surface area contributed by atoms with Crippen LogP contribution in [0.5, 0.6) is 5.75 Å². The van der Waals surface area contributed by atoms with E-state index in [0.29, 0.717) is 35.7 Å². The van der Waals surface area contributed by atoms with Crippen LogP contribution in [0, 0.1) is 5.92 Å². The second kappa shape index (κ2) is 12.0. The van der Waals surface area contributed by atoms with Crippen LogP contribution >= 0.6 is 0 Å². The van der Waals surface area contributed by atoms with Gasteiger partial charge in [0.1, 0.15) is 12.4 Å². The van der Waals surface area contributed by atoms with Gasteiger partial charge in [-0.3, -0.25) is 14.5 Å². The molecule has 1 N–H and O–H groups in total. The smallest absolute Gasteiger partial charge is 0.257 e. The van der Waals surface area contributed by atoms with E-state index in [1.165, 1.54) is 0 Å². The van der Waals surface area contributed by atoms with Crippen LogP contribution in [0.4, 0.5) is 5.69 Å². The van der Waals surface area contributed by atoms with E-state index in [9.17, 15) is 9.59 Å². The molecule has 0 aliphatic carbocycles. The molecule has 184 valence electrons. The molecule has 0 saturated heterocycles. The summed E-state index contributed by atoms with van der Waals surface area (Å²) in [5, 5.41) is 2.89. The van der Waals surface area contributed by atoms with Crippen LogP contribution in [0.25, 0.3) is 0 Å². The summed E-state index contributed by atoms with van der Waals surface area (Å²) < 4.78 is 12.0. The van der Waals surface area contributed by atoms with Crippen LogP contribution in [0.1, 0.15) is 47.9 Å². The first-order chi connectivity index (χ1) is 16.3. The molecule has 0 bridgehead atoms. The van der Waals surface area contributed by atoms with Gasteiger partial charge in [-0.2, -0.15) is 0 Å². The minimum absolute atomic E-state index is 0.0923. The number of benzene rings is 2. The molecule has 3 rings (SSSR count). The number of carbonyl (C=O) groups is 2. The molecule has 0 aromatic heterocycles. The predicted octanol–water partition coefficient (Wildman–Crippen LogP) is 4.15. The molecule has 1 aliphatic heterocycles. The third kappa shape index (κ3) is 6.36. The number of likely N-dealkylation sites (N-methyl/N-ethyl adjacent to an activating group) is 1. The number of carbonyl (C=O) groups excluding carboxylic acids is 2. The predicted molar refractivity (Wildman–Crippen MR) is 135 cm³/mol. The highest BCUT2D eigenvalue weighted by Gasteiger charge is 2.28. The molecular weight excluding hydrogens is 430 g/mol. The number of hydrogen-bond donors (Lipinski definition) is 1. The van der Waals surface area contributed by atoms with Gasteiger partial charge in [-0.15, -0.1) is 0 Å². The quantitative estimate of drug-likeness (QED) is 0.715. The molecule has 1 aliphatic rings. The van der Waals surface area contributed by atoms with Gasteiger partial charge in [-0.05, 0) is 56.1 Å². The Morgan fingerprint density at radius 3 is 2.56 bits per heavy atom. The van der Waals surface area contributed by atoms with E-state index in [1.807, 2.05) is 18.2 Å². The van der Waals surface area contributed by atoms with Gasteiger partial charge in [0.2, 0.25) is 0 Å². The Bertz CT molecular complexity index is 966. The van der Waals surface area contributed by atoms with Crippen molar-refractivity contribution in [2.45, 2.75) is 39.3 Å². The van der Waals surface area contributed by atoms with E-state index < -0.39 is 0 Å². The van der Waals surface area contributed by atoms with Crippen LogP contribution in [0.3, 0.4) is 0 Å². The molecule has 3 atom stereocenters. The lowest BCUT2D eigenvalue weighted by Gasteiger charge is -2.35. The number of nitrogens with one attached hydrogen (secondary N) is 1. The Hall–Kier alpha value is -2.90. The number of rotatable bonds is 5. The lowest BCUT2D eigenvalue weighted by atomic mass is 10.0. The maximum absolute atomic E-state index is 13.4. The standard InChI is InChI=1S/C27H37N3O4/c1-6-14-30-16-19(2)25(33-5)17-29(4)27(32)23-15-22(12-13-24(23)34-18-20(30)3)28-26(31)21-10-8-7-9-11-21/h7-13,15,19-20,25H,6,14,16-18H2,1-5H3,(H,28,31)/t19-,20+,25-/m0/s1. The number of ether oxygens (including phenoxy) is 2. The highest BCUT2D eigenvalue weighted by Crippen LogP contribution is 2.27. The summed E-state index contributed by atoms with van der Waals surface area (Å²) in [6, 6.07) is 14.4. The maximum atomic E-state index is 13.4. The van der Waals surface area contributed by atoms with Gasteiger partial charge >= 0.3 is 0 Å². The van der Waals surface area contributed by atoms with Crippen LogP contribution in [-0.2, 0) is 4.74 Å². The van der Waals surface area contributed by atoms with E-state index in [2.05, 4.69) is 31.0 Å². The van der Waals surface area contributed by atoms with Crippen molar-refractivity contribution < 1.29 is 19.1 Å². The third-order valence-electron chi connectivity index (χ3n) is 6.38. The van der Waals surface area contributed by atoms with Crippen molar-refractivity contribution in [3.8, 4) is 5.75 Å². The number of amides is 2. The summed E-state index contributed by atoms with van der Waals surface area (Å²) in [6.45, 7) is 9.26. The maximum Gasteiger partial charge on any atom is 0.257 e. The molecule has 7 heteroatoms. The van der Waals surface area contributed by atoms with E-state index >= 15 is 0 Å². The largest absolute Gasteiger partial charge is 0.491 e. The van der Waals surface area contributed by atoms with Gasteiger partial charge in [0.25, 0.3) is 11.8 Å². The Morgan fingerprint density at radius 2 is 1.88 bits per heavy atom. The van der Waals surface area contributed by atoms with Crippen molar-refractivity contribution in [3.05, 3.63) is 59.7 Å². The fraction of sp³-hybridized carbons (Fsp3) is 0.481. The molecule has 1 heterocycles. The van der Waals surface area contributed by atoms with E-state index in [0.717, 1.165) is 19.5 Å². The first-order valence-electron chi connectivity index (χ1n) is 12.0. The summed E-state index contributed by atoms with van der Waals surface area (Å²) in [5.41, 5.74) is 1.52. The van der Waals surface area contributed by atoms with Crippen molar-refractivity contribution in [3.63, 3.8) is 0 Å². The zero-order valence-electron chi connectivity index (χ0n) is 20.9. The van der Waals surface area contributed by atoms with E-state index in [1.54, 1.807) is 49.4 Å². The molecule has 2 aromatic rings. The molecule has 7 nitrogen and oxygen atoms in total. The summed E-state index contributed by atoms with van der Waals surface area (Å²) in [6.07, 6.45) is 0.957. The van der Waals surface area contributed by atoms with Gasteiger partial charge in [0, 0.05) is 44.5 Å². The number of anilines is 1. The van der Waals surface area contributed by atoms with Crippen LogP contribution in [0.2, 0.25) is 0 Å². The number of methoxy groups -OCH3 is 1. The van der Waals surface area contributed by atoms with Crippen molar-refractivity contribution in [2.24, 2.45) is 5.92 Å². The van der Waals surface area contributed by atoms with Gasteiger partial charge in [0.15, 0.2) is 0 Å². The zero-order chi connectivity index (χ0) is 24.7. The van der Waals surface area contributed by atoms with Crippen molar-refractivity contribution in [1.82, 2.24) is 9.80 Å². The normalized spacial score (nSPS) is 22.2.